The van der Waals surface area contributed by atoms with Crippen LogP contribution < -0.4 is 4.74 Å². The molecule has 0 aliphatic heterocycles. The van der Waals surface area contributed by atoms with E-state index in [9.17, 15) is 0 Å². The first-order valence-electron chi connectivity index (χ1n) is 6.66. The summed E-state index contributed by atoms with van der Waals surface area (Å²) >= 11 is 1.52. The quantitative estimate of drug-likeness (QED) is 0.669. The van der Waals surface area contributed by atoms with Crippen molar-refractivity contribution in [2.24, 2.45) is 7.05 Å². The summed E-state index contributed by atoms with van der Waals surface area (Å²) < 4.78 is 12.7. The molecule has 3 aromatic rings. The molecule has 22 heavy (non-hydrogen) atoms. The van der Waals surface area contributed by atoms with E-state index >= 15 is 0 Å². The Kier molecular flexibility index (Phi) is 4.10. The molecule has 2 heterocycles. The molecule has 0 saturated carbocycles. The van der Waals surface area contributed by atoms with Gasteiger partial charge in [-0.1, -0.05) is 11.8 Å². The van der Waals surface area contributed by atoms with E-state index in [-0.39, 0.29) is 5.25 Å². The van der Waals surface area contributed by atoms with Crippen molar-refractivity contribution >= 4 is 11.8 Å². The van der Waals surface area contributed by atoms with Crippen LogP contribution in [0.2, 0.25) is 0 Å². The smallest absolute Gasteiger partial charge is 0.247 e. The van der Waals surface area contributed by atoms with E-state index in [4.69, 9.17) is 9.15 Å². The average Bonchev–Trinajstić information content (AvgIpc) is 3.17. The number of hydrogen-bond donors (Lipinski definition) is 0. The van der Waals surface area contributed by atoms with Crippen LogP contribution in [0.4, 0.5) is 0 Å². The van der Waals surface area contributed by atoms with Gasteiger partial charge in [0.2, 0.25) is 11.8 Å². The SMILES string of the molecule is COc1ccc(-c2nnc([C@@H](C)Sc3nncn3C)o2)cc1. The van der Waals surface area contributed by atoms with Crippen LogP contribution in [0.3, 0.4) is 0 Å². The summed E-state index contributed by atoms with van der Waals surface area (Å²) in [5, 5.41) is 16.9. The Hall–Kier alpha value is -2.35. The molecule has 7 nitrogen and oxygen atoms in total. The highest BCUT2D eigenvalue weighted by Gasteiger charge is 2.18. The number of aryl methyl sites for hydroxylation is 1. The second-order valence-electron chi connectivity index (χ2n) is 4.66. The summed E-state index contributed by atoms with van der Waals surface area (Å²) in [5.41, 5.74) is 0.857. The number of rotatable bonds is 5. The van der Waals surface area contributed by atoms with Crippen molar-refractivity contribution in [3.63, 3.8) is 0 Å². The van der Waals surface area contributed by atoms with Gasteiger partial charge in [0.05, 0.1) is 12.4 Å². The lowest BCUT2D eigenvalue weighted by Crippen LogP contribution is -1.94. The second-order valence-corrected chi connectivity index (χ2v) is 5.97. The van der Waals surface area contributed by atoms with Crippen LogP contribution in [0.15, 0.2) is 40.2 Å². The van der Waals surface area contributed by atoms with Crippen LogP contribution in [-0.4, -0.2) is 32.1 Å². The topological polar surface area (TPSA) is 78.9 Å². The summed E-state index contributed by atoms with van der Waals surface area (Å²) in [5.74, 6) is 1.83. The van der Waals surface area contributed by atoms with Gasteiger partial charge >= 0.3 is 0 Å². The predicted molar refractivity (Wildman–Crippen MR) is 81.6 cm³/mol. The van der Waals surface area contributed by atoms with Crippen molar-refractivity contribution < 1.29 is 9.15 Å². The Morgan fingerprint density at radius 1 is 1.18 bits per heavy atom. The van der Waals surface area contributed by atoms with E-state index in [0.29, 0.717) is 11.8 Å². The van der Waals surface area contributed by atoms with Crippen molar-refractivity contribution in [3.05, 3.63) is 36.5 Å². The van der Waals surface area contributed by atoms with E-state index in [1.807, 2.05) is 42.8 Å². The molecule has 8 heteroatoms. The van der Waals surface area contributed by atoms with Gasteiger partial charge in [-0.3, -0.25) is 0 Å². The first-order chi connectivity index (χ1) is 10.7. The molecule has 0 aliphatic carbocycles. The van der Waals surface area contributed by atoms with Gasteiger partial charge in [0.1, 0.15) is 12.1 Å². The highest BCUT2D eigenvalue weighted by atomic mass is 32.2. The third kappa shape index (κ3) is 2.96. The number of aromatic nitrogens is 5. The Morgan fingerprint density at radius 2 is 1.95 bits per heavy atom. The molecule has 0 N–H and O–H groups in total. The van der Waals surface area contributed by atoms with Gasteiger partial charge in [0.25, 0.3) is 0 Å². The van der Waals surface area contributed by atoms with E-state index in [2.05, 4.69) is 20.4 Å². The van der Waals surface area contributed by atoms with Gasteiger partial charge in [0.15, 0.2) is 5.16 Å². The van der Waals surface area contributed by atoms with Crippen molar-refractivity contribution in [1.29, 1.82) is 0 Å². The highest BCUT2D eigenvalue weighted by Crippen LogP contribution is 2.33. The third-order valence-electron chi connectivity index (χ3n) is 3.08. The molecule has 1 atom stereocenters. The van der Waals surface area contributed by atoms with Gasteiger partial charge in [-0.15, -0.1) is 20.4 Å². The summed E-state index contributed by atoms with van der Waals surface area (Å²) in [6, 6.07) is 7.49. The van der Waals surface area contributed by atoms with Crippen molar-refractivity contribution in [2.45, 2.75) is 17.3 Å². The van der Waals surface area contributed by atoms with Crippen LogP contribution in [0.5, 0.6) is 5.75 Å². The van der Waals surface area contributed by atoms with Gasteiger partial charge in [-0.05, 0) is 31.2 Å². The lowest BCUT2D eigenvalue weighted by molar-refractivity contribution is 0.415. The number of methoxy groups -OCH3 is 1. The Balaban J connectivity index is 1.76. The maximum Gasteiger partial charge on any atom is 0.247 e. The van der Waals surface area contributed by atoms with Crippen LogP contribution >= 0.6 is 11.8 Å². The molecular formula is C14H15N5O2S. The Morgan fingerprint density at radius 3 is 2.59 bits per heavy atom. The number of nitrogens with zero attached hydrogens (tertiary/aromatic N) is 5. The van der Waals surface area contributed by atoms with Gasteiger partial charge < -0.3 is 13.7 Å². The minimum absolute atomic E-state index is 0.0117. The molecule has 0 unspecified atom stereocenters. The monoisotopic (exact) mass is 317 g/mol. The molecule has 0 spiro atoms. The van der Waals surface area contributed by atoms with Crippen LogP contribution in [0.1, 0.15) is 18.1 Å². The van der Waals surface area contributed by atoms with Crippen molar-refractivity contribution in [2.75, 3.05) is 7.11 Å². The third-order valence-corrected chi connectivity index (χ3v) is 4.21. The summed E-state index contributed by atoms with van der Waals surface area (Å²) in [4.78, 5) is 0. The normalized spacial score (nSPS) is 12.3. The summed E-state index contributed by atoms with van der Waals surface area (Å²) in [6.45, 7) is 1.99. The Bertz CT molecular complexity index is 753. The average molecular weight is 317 g/mol. The fourth-order valence-electron chi connectivity index (χ4n) is 1.84. The molecule has 0 fully saturated rings. The second kappa shape index (κ2) is 6.18. The van der Waals surface area contributed by atoms with Crippen LogP contribution in [0, 0.1) is 0 Å². The first kappa shape index (κ1) is 14.6. The number of hydrogen-bond acceptors (Lipinski definition) is 7. The van der Waals surface area contributed by atoms with Crippen molar-refractivity contribution in [1.82, 2.24) is 25.0 Å². The number of thioether (sulfide) groups is 1. The van der Waals surface area contributed by atoms with E-state index in [1.165, 1.54) is 11.8 Å². The maximum atomic E-state index is 5.75. The lowest BCUT2D eigenvalue weighted by atomic mass is 10.2. The zero-order chi connectivity index (χ0) is 15.5. The molecule has 1 aromatic carbocycles. The minimum atomic E-state index is -0.0117. The van der Waals surface area contributed by atoms with Crippen LogP contribution in [-0.2, 0) is 7.05 Å². The number of ether oxygens (including phenoxy) is 1. The molecule has 0 saturated heterocycles. The zero-order valence-electron chi connectivity index (χ0n) is 12.4. The maximum absolute atomic E-state index is 5.75. The molecule has 2 aromatic heterocycles. The molecule has 114 valence electrons. The molecular weight excluding hydrogens is 302 g/mol. The highest BCUT2D eigenvalue weighted by molar-refractivity contribution is 7.99. The summed E-state index contributed by atoms with van der Waals surface area (Å²) in [6.07, 6.45) is 1.66. The number of benzene rings is 1. The lowest BCUT2D eigenvalue weighted by Gasteiger charge is -2.05. The predicted octanol–water partition coefficient (Wildman–Crippen LogP) is 2.73. The van der Waals surface area contributed by atoms with E-state index in [1.54, 1.807) is 13.4 Å². The largest absolute Gasteiger partial charge is 0.497 e. The fraction of sp³-hybridized carbons (Fsp3) is 0.286. The molecule has 0 aliphatic rings. The van der Waals surface area contributed by atoms with Gasteiger partial charge in [-0.2, -0.15) is 0 Å². The fourth-order valence-corrected chi connectivity index (χ4v) is 2.66. The standard InChI is InChI=1S/C14H15N5O2S/c1-9(22-14-18-15-8-19(14)2)12-16-17-13(21-12)10-4-6-11(20-3)7-5-10/h4-9H,1-3H3/t9-/m1/s1. The summed E-state index contributed by atoms with van der Waals surface area (Å²) in [7, 11) is 3.52. The molecule has 0 amide bonds. The molecule has 0 bridgehead atoms. The van der Waals surface area contributed by atoms with Crippen LogP contribution in [0.25, 0.3) is 11.5 Å². The van der Waals surface area contributed by atoms with Gasteiger partial charge in [0, 0.05) is 12.6 Å². The van der Waals surface area contributed by atoms with Crippen molar-refractivity contribution in [3.8, 4) is 17.2 Å². The zero-order valence-corrected chi connectivity index (χ0v) is 13.2. The minimum Gasteiger partial charge on any atom is -0.497 e. The first-order valence-corrected chi connectivity index (χ1v) is 7.54. The Labute approximate surface area is 131 Å². The molecule has 0 radical (unpaired) electrons. The molecule has 3 rings (SSSR count). The van der Waals surface area contributed by atoms with E-state index < -0.39 is 0 Å². The van der Waals surface area contributed by atoms with Gasteiger partial charge in [-0.25, -0.2) is 0 Å². The van der Waals surface area contributed by atoms with E-state index in [0.717, 1.165) is 16.5 Å².